The minimum Gasteiger partial charge on any atom is -0.545 e. The van der Waals surface area contributed by atoms with Gasteiger partial charge in [0.15, 0.2) is 0 Å². The van der Waals surface area contributed by atoms with E-state index in [4.69, 9.17) is 9.47 Å². The molecular weight excluding hydrogens is 677 g/mol. The molecule has 1 aliphatic carbocycles. The predicted octanol–water partition coefficient (Wildman–Crippen LogP) is -4.28. The maximum absolute atomic E-state index is 12.7. The van der Waals surface area contributed by atoms with Gasteiger partial charge in [-0.2, -0.15) is 0 Å². The number of aliphatic carboxylic acids is 1. The zero-order chi connectivity index (χ0) is 35.8. The second kappa shape index (κ2) is 18.2. The largest absolute Gasteiger partial charge is 1.00 e. The van der Waals surface area contributed by atoms with Crippen molar-refractivity contribution in [2.45, 2.75) is 81.1 Å². The van der Waals surface area contributed by atoms with Crippen LogP contribution in [0.3, 0.4) is 0 Å². The second-order valence-electron chi connectivity index (χ2n) is 12.8. The van der Waals surface area contributed by atoms with Crippen molar-refractivity contribution in [3.63, 3.8) is 0 Å². The summed E-state index contributed by atoms with van der Waals surface area (Å²) >= 11 is 0. The molecule has 0 spiro atoms. The van der Waals surface area contributed by atoms with E-state index in [1.165, 1.54) is 0 Å². The van der Waals surface area contributed by atoms with Gasteiger partial charge in [-0.05, 0) is 47.6 Å². The van der Waals surface area contributed by atoms with Crippen molar-refractivity contribution in [3.05, 3.63) is 60.3 Å². The number of nitrogens with zero attached hydrogens (tertiary/aromatic N) is 3. The molecule has 2 amide bonds. The molecule has 1 saturated carbocycles. The van der Waals surface area contributed by atoms with Crippen molar-refractivity contribution in [2.75, 3.05) is 19.8 Å². The van der Waals surface area contributed by atoms with E-state index in [9.17, 15) is 45.0 Å². The van der Waals surface area contributed by atoms with Crippen molar-refractivity contribution in [1.82, 2.24) is 25.6 Å². The molecule has 6 atom stereocenters. The van der Waals surface area contributed by atoms with Crippen LogP contribution in [0.4, 0.5) is 0 Å². The van der Waals surface area contributed by atoms with Gasteiger partial charge in [0, 0.05) is 13.0 Å². The number of carboxylic acid groups (broad SMARTS) is 1. The number of carbonyl (C=O) groups is 3. The average Bonchev–Trinajstić information content (AvgIpc) is 3.61. The summed E-state index contributed by atoms with van der Waals surface area (Å²) in [5.74, 6) is -2.87. The molecule has 2 aliphatic rings. The number of aromatic hydroxyl groups is 1. The molecule has 1 aliphatic heterocycles. The van der Waals surface area contributed by atoms with Crippen LogP contribution in [0.1, 0.15) is 44.1 Å². The Morgan fingerprint density at radius 3 is 2.29 bits per heavy atom. The van der Waals surface area contributed by atoms with Crippen LogP contribution in [0.25, 0.3) is 11.1 Å². The average molecular weight is 720 g/mol. The van der Waals surface area contributed by atoms with Gasteiger partial charge in [0.2, 0.25) is 17.5 Å². The summed E-state index contributed by atoms with van der Waals surface area (Å²) in [6, 6.07) is 12.3. The van der Waals surface area contributed by atoms with Gasteiger partial charge in [-0.1, -0.05) is 66.0 Å². The van der Waals surface area contributed by atoms with Crippen LogP contribution >= 0.6 is 0 Å². The van der Waals surface area contributed by atoms with Crippen LogP contribution in [0, 0.1) is 5.92 Å². The number of phenols is 1. The van der Waals surface area contributed by atoms with E-state index in [-0.39, 0.29) is 47.6 Å². The Morgan fingerprint density at radius 2 is 1.67 bits per heavy atom. The zero-order valence-electron chi connectivity index (χ0n) is 28.3. The van der Waals surface area contributed by atoms with Crippen LogP contribution in [0.2, 0.25) is 0 Å². The predicted molar refractivity (Wildman–Crippen MR) is 172 cm³/mol. The van der Waals surface area contributed by atoms with Crippen LogP contribution in [0.5, 0.6) is 11.6 Å². The molecule has 3 aromatic rings. The fourth-order valence-corrected chi connectivity index (χ4v) is 6.36. The molecule has 1 aromatic heterocycles. The Balaban J connectivity index is 0.00000583. The zero-order valence-corrected chi connectivity index (χ0v) is 30.3. The number of amides is 2. The Morgan fingerprint density at radius 1 is 1.02 bits per heavy atom. The Hall–Kier alpha value is -3.61. The molecule has 0 radical (unpaired) electrons. The minimum atomic E-state index is -2.56. The number of carbonyl (C=O) groups excluding carboxylic acids is 3. The van der Waals surface area contributed by atoms with Crippen molar-refractivity contribution < 1.29 is 84.1 Å². The fourth-order valence-electron chi connectivity index (χ4n) is 6.36. The molecule has 51 heavy (non-hydrogen) atoms. The van der Waals surface area contributed by atoms with Gasteiger partial charge in [-0.15, -0.1) is 0 Å². The Bertz CT molecular complexity index is 1600. The summed E-state index contributed by atoms with van der Waals surface area (Å²) in [4.78, 5) is 37.5. The summed E-state index contributed by atoms with van der Waals surface area (Å²) < 4.78 is 12.4. The quantitative estimate of drug-likeness (QED) is 0.0781. The van der Waals surface area contributed by atoms with Crippen LogP contribution in [-0.4, -0.2) is 109 Å². The number of ether oxygens (including phenoxy) is 2. The number of aromatic nitrogens is 3. The van der Waals surface area contributed by atoms with Gasteiger partial charge in [-0.25, -0.2) is 4.68 Å². The topological polar surface area (TPSA) is 249 Å². The molecule has 270 valence electrons. The Kier molecular flexibility index (Phi) is 14.4. The first-order valence-corrected chi connectivity index (χ1v) is 16.5. The fraction of sp³-hybridized carbons (Fsp3) is 0.500. The summed E-state index contributed by atoms with van der Waals surface area (Å²) in [5.41, 5.74) is -0.166. The number of nitrogens with one attached hydrogen (secondary N) is 2. The van der Waals surface area contributed by atoms with E-state index in [1.807, 2.05) is 12.1 Å². The van der Waals surface area contributed by atoms with Gasteiger partial charge in [-0.3, -0.25) is 9.59 Å². The Labute approximate surface area is 316 Å². The van der Waals surface area contributed by atoms with E-state index in [0.717, 1.165) is 54.1 Å². The van der Waals surface area contributed by atoms with Crippen LogP contribution < -0.4 is 50.0 Å². The normalized spacial score (nSPS) is 23.3. The number of hydrogen-bond acceptors (Lipinski definition) is 13. The smallest absolute Gasteiger partial charge is 0.545 e. The molecule has 2 heterocycles. The number of hydrogen-bond donors (Lipinski definition) is 7. The van der Waals surface area contributed by atoms with E-state index in [0.29, 0.717) is 18.1 Å². The van der Waals surface area contributed by atoms with E-state index >= 15 is 0 Å². The molecule has 16 nitrogen and oxygen atoms in total. The molecule has 0 unspecified atom stereocenters. The first-order valence-electron chi connectivity index (χ1n) is 16.5. The maximum Gasteiger partial charge on any atom is 1.00 e. The molecule has 2 fully saturated rings. The number of carboxylic acids is 1. The van der Waals surface area contributed by atoms with E-state index in [1.54, 1.807) is 36.4 Å². The monoisotopic (exact) mass is 719 g/mol. The first kappa shape index (κ1) is 40.2. The molecular formula is C34H42N5NaO11. The van der Waals surface area contributed by atoms with Crippen molar-refractivity contribution >= 4 is 17.8 Å². The first-order chi connectivity index (χ1) is 24.0. The molecule has 5 rings (SSSR count). The van der Waals surface area contributed by atoms with E-state index in [2.05, 4.69) is 20.9 Å². The van der Waals surface area contributed by atoms with Crippen molar-refractivity contribution in [2.24, 2.45) is 5.92 Å². The summed E-state index contributed by atoms with van der Waals surface area (Å²) in [7, 11) is 0. The van der Waals surface area contributed by atoms with Gasteiger partial charge < -0.3 is 55.5 Å². The van der Waals surface area contributed by atoms with Gasteiger partial charge >= 0.3 is 29.6 Å². The summed E-state index contributed by atoms with van der Waals surface area (Å²) in [6.07, 6.45) is -1.59. The second-order valence-corrected chi connectivity index (χ2v) is 12.8. The van der Waals surface area contributed by atoms with E-state index < -0.39 is 73.5 Å². The number of aliphatic hydroxyl groups is 4. The number of phenolic OH excluding ortho intramolecular Hbond substituents is 1. The van der Waals surface area contributed by atoms with Gasteiger partial charge in [0.1, 0.15) is 24.6 Å². The summed E-state index contributed by atoms with van der Waals surface area (Å²) in [5, 5.41) is 77.2. The van der Waals surface area contributed by atoms with Gasteiger partial charge in [0.05, 0.1) is 43.4 Å². The standard InChI is InChI=1S/C34H43N5O11.Na/c40-18-28(45)36-30-25(42)15-34(33(47)48,39-17-29(37-38-39)49-19-21-4-2-1-3-5-21)50-32(30)31(46)26(43)16-35-27(44)14-20-6-8-22(9-7-20)23-10-12-24(41)13-11-23;/h6-13,17,21,25-26,30-32,40-43,46H,1-5,14-16,18-19H2,(H,35,44)(H,36,45)(H,47,48);/q;+1/p-1/t25-,26+,30+,31+,32+,34+;/m0./s1. The van der Waals surface area contributed by atoms with Crippen LogP contribution in [-0.2, 0) is 31.3 Å². The number of rotatable bonds is 14. The third kappa shape index (κ3) is 10.0. The molecule has 2 aromatic carbocycles. The third-order valence-corrected chi connectivity index (χ3v) is 9.17. The van der Waals surface area contributed by atoms with Crippen molar-refractivity contribution in [1.29, 1.82) is 0 Å². The van der Waals surface area contributed by atoms with Crippen molar-refractivity contribution in [3.8, 4) is 22.8 Å². The number of aliphatic hydroxyl groups excluding tert-OH is 4. The van der Waals surface area contributed by atoms with Crippen LogP contribution in [0.15, 0.2) is 54.7 Å². The molecule has 17 heteroatoms. The summed E-state index contributed by atoms with van der Waals surface area (Å²) in [6.45, 7) is -1.15. The minimum absolute atomic E-state index is 0. The third-order valence-electron chi connectivity index (χ3n) is 9.17. The SMILES string of the molecule is O=C(Cc1ccc(-c2ccc(O)cc2)cc1)NC[C@@H](O)[C@@H](O)[C@@H]1O[C@](C(=O)[O-])(n2cc(OCC3CCCCC3)nn2)C[C@H](O)[C@H]1NC(=O)CO.[Na+]. The molecule has 0 bridgehead atoms. The maximum atomic E-state index is 12.7. The molecule has 1 saturated heterocycles. The number of benzene rings is 2. The molecule has 7 N–H and O–H groups in total. The van der Waals surface area contributed by atoms with Gasteiger partial charge in [0.25, 0.3) is 5.88 Å².